The Labute approximate surface area is 280 Å². The van der Waals surface area contributed by atoms with Gasteiger partial charge in [-0.1, -0.05) is 125 Å². The van der Waals surface area contributed by atoms with Crippen LogP contribution in [0.1, 0.15) is 61.7 Å². The molecule has 6 rings (SSSR count). The fourth-order valence-electron chi connectivity index (χ4n) is 4.78. The van der Waals surface area contributed by atoms with E-state index in [0.717, 1.165) is 50.5 Å². The summed E-state index contributed by atoms with van der Waals surface area (Å²) in [5.41, 5.74) is 7.76. The molecule has 4 aromatic carbocycles. The summed E-state index contributed by atoms with van der Waals surface area (Å²) < 4.78 is 1.09. The number of aromatic nitrogens is 2. The highest BCUT2D eigenvalue weighted by Gasteiger charge is 2.19. The minimum Gasteiger partial charge on any atom is -0.387 e. The first-order valence-corrected chi connectivity index (χ1v) is 16.5. The highest BCUT2D eigenvalue weighted by atomic mass is 127. The molecule has 0 aliphatic heterocycles. The van der Waals surface area contributed by atoms with Crippen molar-refractivity contribution in [2.45, 2.75) is 46.6 Å². The normalized spacial score (nSPS) is 11.5. The minimum absolute atomic E-state index is 0.142. The summed E-state index contributed by atoms with van der Waals surface area (Å²) >= 11 is 2.32. The van der Waals surface area contributed by atoms with Crippen molar-refractivity contribution in [3.05, 3.63) is 153 Å². The summed E-state index contributed by atoms with van der Waals surface area (Å²) in [5.74, 6) is 0.346. The van der Waals surface area contributed by atoms with Gasteiger partial charge in [0.2, 0.25) is 0 Å². The molecule has 0 aliphatic carbocycles. The van der Waals surface area contributed by atoms with E-state index in [1.807, 2.05) is 76.2 Å². The van der Waals surface area contributed by atoms with Crippen molar-refractivity contribution in [3.8, 4) is 0 Å². The van der Waals surface area contributed by atoms with Crippen LogP contribution in [0.3, 0.4) is 0 Å². The Morgan fingerprint density at radius 1 is 0.644 bits per heavy atom. The quantitative estimate of drug-likeness (QED) is 0.102. The zero-order valence-corrected chi connectivity index (χ0v) is 28.6. The van der Waals surface area contributed by atoms with Crippen LogP contribution in [0.25, 0.3) is 21.8 Å². The van der Waals surface area contributed by atoms with Crippen molar-refractivity contribution in [2.24, 2.45) is 11.8 Å². The Bertz CT molecular complexity index is 1800. The van der Waals surface area contributed by atoms with Crippen molar-refractivity contribution < 1.29 is 9.90 Å². The van der Waals surface area contributed by atoms with Gasteiger partial charge in [-0.3, -0.25) is 0 Å². The molecule has 0 aliphatic rings. The lowest BCUT2D eigenvalue weighted by atomic mass is 9.94. The Kier molecular flexibility index (Phi) is 12.8. The molecule has 0 saturated carbocycles. The van der Waals surface area contributed by atoms with Crippen molar-refractivity contribution >= 4 is 50.7 Å². The number of hydrogen-bond acceptors (Lipinski definition) is 4. The van der Waals surface area contributed by atoms with E-state index in [1.165, 1.54) is 22.1 Å². The molecule has 5 heteroatoms. The Morgan fingerprint density at radius 3 is 1.56 bits per heavy atom. The first-order chi connectivity index (χ1) is 21.7. The predicted octanol–water partition coefficient (Wildman–Crippen LogP) is 9.79. The SMILES string of the molecule is CC(C)C(O)c1nc2ccccc2cc1Cc1ccccc1.CC(C)C=O.Ic1nc2ccccc2cc1Cc1ccccc1. The molecule has 0 radical (unpaired) electrons. The molecule has 0 spiro atoms. The second kappa shape index (κ2) is 16.9. The van der Waals surface area contributed by atoms with Gasteiger partial charge in [0.15, 0.2) is 0 Å². The lowest BCUT2D eigenvalue weighted by Gasteiger charge is -2.19. The fraction of sp³-hybridized carbons (Fsp3) is 0.225. The predicted molar refractivity (Wildman–Crippen MR) is 195 cm³/mol. The minimum atomic E-state index is -0.539. The van der Waals surface area contributed by atoms with Gasteiger partial charge in [0.25, 0.3) is 0 Å². The molecule has 45 heavy (non-hydrogen) atoms. The third-order valence-electron chi connectivity index (χ3n) is 7.25. The van der Waals surface area contributed by atoms with Crippen LogP contribution in [-0.2, 0) is 17.6 Å². The number of carbonyl (C=O) groups is 1. The summed E-state index contributed by atoms with van der Waals surface area (Å²) in [6.45, 7) is 7.75. The monoisotopic (exact) mass is 708 g/mol. The van der Waals surface area contributed by atoms with Gasteiger partial charge < -0.3 is 9.90 Å². The summed E-state index contributed by atoms with van der Waals surface area (Å²) in [7, 11) is 0. The molecule has 4 nitrogen and oxygen atoms in total. The van der Waals surface area contributed by atoms with Crippen molar-refractivity contribution in [2.75, 3.05) is 0 Å². The highest BCUT2D eigenvalue weighted by molar-refractivity contribution is 14.1. The van der Waals surface area contributed by atoms with Gasteiger partial charge in [0, 0.05) is 23.1 Å². The highest BCUT2D eigenvalue weighted by Crippen LogP contribution is 2.28. The summed E-state index contributed by atoms with van der Waals surface area (Å²) in [5, 5.41) is 12.9. The van der Waals surface area contributed by atoms with Crippen molar-refractivity contribution in [3.63, 3.8) is 0 Å². The molecular formula is C40H41IN2O2. The zero-order valence-electron chi connectivity index (χ0n) is 26.4. The largest absolute Gasteiger partial charge is 0.387 e. The maximum absolute atomic E-state index is 10.6. The smallest absolute Gasteiger partial charge is 0.122 e. The summed E-state index contributed by atoms with van der Waals surface area (Å²) in [6, 6.07) is 41.6. The van der Waals surface area contributed by atoms with Crippen molar-refractivity contribution in [1.82, 2.24) is 9.97 Å². The van der Waals surface area contributed by atoms with E-state index < -0.39 is 6.10 Å². The Morgan fingerprint density at radius 2 is 1.07 bits per heavy atom. The summed E-state index contributed by atoms with van der Waals surface area (Å²) in [6.07, 6.45) is 2.11. The van der Waals surface area contributed by atoms with E-state index in [2.05, 4.69) is 100 Å². The molecule has 0 bridgehead atoms. The maximum Gasteiger partial charge on any atom is 0.122 e. The number of rotatable bonds is 7. The van der Waals surface area contributed by atoms with E-state index >= 15 is 0 Å². The van der Waals surface area contributed by atoms with Gasteiger partial charge >= 0.3 is 0 Å². The first-order valence-electron chi connectivity index (χ1n) is 15.4. The third kappa shape index (κ3) is 10.0. The number of para-hydroxylation sites is 2. The number of fused-ring (bicyclic) bond motifs is 2. The van der Waals surface area contributed by atoms with Crippen LogP contribution < -0.4 is 0 Å². The standard InChI is InChI=1S/C20H21NO.C16H12IN.C4H8O/c1-14(2)20(22)19-17(12-15-8-4-3-5-9-15)13-16-10-6-7-11-18(16)21-19;17-16-14(10-12-6-2-1-3-7-12)11-13-8-4-5-9-15(13)18-16;1-4(2)3-5/h3-11,13-14,20,22H,12H2,1-2H3;1-9,11H,10H2;3-4H,1-2H3. The van der Waals surface area contributed by atoms with E-state index in [0.29, 0.717) is 0 Å². The molecule has 2 heterocycles. The van der Waals surface area contributed by atoms with Crippen LogP contribution in [0.2, 0.25) is 0 Å². The molecule has 1 atom stereocenters. The molecule has 230 valence electrons. The second-order valence-corrected chi connectivity index (χ2v) is 12.8. The zero-order chi connectivity index (χ0) is 32.2. The number of aliphatic hydroxyl groups is 1. The van der Waals surface area contributed by atoms with Crippen LogP contribution in [-0.4, -0.2) is 21.4 Å². The van der Waals surface area contributed by atoms with Gasteiger partial charge in [-0.2, -0.15) is 0 Å². The Hall–Kier alpha value is -3.94. The average Bonchev–Trinajstić information content (AvgIpc) is 3.06. The van der Waals surface area contributed by atoms with Gasteiger partial charge in [0.1, 0.15) is 9.99 Å². The number of nitrogens with zero attached hydrogens (tertiary/aromatic N) is 2. The van der Waals surface area contributed by atoms with Gasteiger partial charge in [0.05, 0.1) is 22.8 Å². The number of hydrogen-bond donors (Lipinski definition) is 1. The van der Waals surface area contributed by atoms with E-state index in [9.17, 15) is 9.90 Å². The maximum atomic E-state index is 10.6. The number of halogens is 1. The van der Waals surface area contributed by atoms with Crippen LogP contribution in [0.5, 0.6) is 0 Å². The fourth-order valence-corrected chi connectivity index (χ4v) is 5.39. The van der Waals surface area contributed by atoms with Crippen LogP contribution in [0.15, 0.2) is 121 Å². The second-order valence-electron chi connectivity index (χ2n) is 11.8. The number of pyridine rings is 2. The van der Waals surface area contributed by atoms with E-state index in [-0.39, 0.29) is 11.8 Å². The number of aldehydes is 1. The molecule has 1 unspecified atom stereocenters. The molecule has 6 aromatic rings. The molecule has 0 fully saturated rings. The number of benzene rings is 4. The average molecular weight is 709 g/mol. The first kappa shape index (κ1) is 33.9. The number of carbonyl (C=O) groups excluding carboxylic acids is 1. The Balaban J connectivity index is 0.000000181. The molecule has 0 saturated heterocycles. The van der Waals surface area contributed by atoms with Gasteiger partial charge in [-0.05, 0) is 81.4 Å². The topological polar surface area (TPSA) is 63.1 Å². The van der Waals surface area contributed by atoms with E-state index in [1.54, 1.807) is 0 Å². The molecule has 0 amide bonds. The van der Waals surface area contributed by atoms with Gasteiger partial charge in [-0.15, -0.1) is 0 Å². The summed E-state index contributed by atoms with van der Waals surface area (Å²) in [4.78, 5) is 18.9. The number of aliphatic hydroxyl groups excluding tert-OH is 1. The van der Waals surface area contributed by atoms with E-state index in [4.69, 9.17) is 4.98 Å². The van der Waals surface area contributed by atoms with Crippen LogP contribution >= 0.6 is 22.6 Å². The lowest BCUT2D eigenvalue weighted by molar-refractivity contribution is -0.110. The van der Waals surface area contributed by atoms with Crippen LogP contribution in [0, 0.1) is 15.5 Å². The molecule has 1 N–H and O–H groups in total. The third-order valence-corrected chi connectivity index (χ3v) is 8.18. The van der Waals surface area contributed by atoms with Crippen molar-refractivity contribution in [1.29, 1.82) is 0 Å². The lowest BCUT2D eigenvalue weighted by Crippen LogP contribution is -2.11. The van der Waals surface area contributed by atoms with Gasteiger partial charge in [-0.25, -0.2) is 9.97 Å². The van der Waals surface area contributed by atoms with Crippen LogP contribution in [0.4, 0.5) is 0 Å². The molecule has 2 aromatic heterocycles. The molecular weight excluding hydrogens is 667 g/mol.